The molecule has 3 heterocycles. The zero-order valence-corrected chi connectivity index (χ0v) is 17.9. The van der Waals surface area contributed by atoms with Gasteiger partial charge >= 0.3 is 0 Å². The molecule has 2 aliphatic heterocycles. The van der Waals surface area contributed by atoms with Crippen LogP contribution in [0.25, 0.3) is 0 Å². The molecule has 1 N–H and O–H groups in total. The van der Waals surface area contributed by atoms with Crippen molar-refractivity contribution < 1.29 is 22.7 Å². The summed E-state index contributed by atoms with van der Waals surface area (Å²) in [7, 11) is -3.86. The molecule has 9 heteroatoms. The molecule has 0 bridgehead atoms. The number of amides is 1. The number of aliphatic hydroxyl groups is 1. The number of sulfonamides is 1. The van der Waals surface area contributed by atoms with Gasteiger partial charge in [0.05, 0.1) is 17.4 Å². The molecule has 1 spiro atoms. The number of aromatic nitrogens is 1. The lowest BCUT2D eigenvalue weighted by Crippen LogP contribution is -2.68. The lowest BCUT2D eigenvalue weighted by atomic mass is 9.61. The Morgan fingerprint density at radius 3 is 2.58 bits per heavy atom. The number of hydrogen-bond donors (Lipinski definition) is 1. The van der Waals surface area contributed by atoms with E-state index in [-0.39, 0.29) is 28.3 Å². The maximum Gasteiger partial charge on any atom is 0.256 e. The van der Waals surface area contributed by atoms with Gasteiger partial charge in [0, 0.05) is 36.8 Å². The Morgan fingerprint density at radius 2 is 1.87 bits per heavy atom. The second-order valence-corrected chi connectivity index (χ2v) is 10.9. The van der Waals surface area contributed by atoms with Crippen molar-refractivity contribution >= 4 is 15.9 Å². The van der Waals surface area contributed by atoms with Gasteiger partial charge in [0.25, 0.3) is 5.91 Å². The number of carbonyl (C=O) groups is 1. The zero-order chi connectivity index (χ0) is 22.0. The first-order chi connectivity index (χ1) is 14.7. The van der Waals surface area contributed by atoms with E-state index in [0.29, 0.717) is 43.6 Å². The van der Waals surface area contributed by atoms with E-state index < -0.39 is 21.9 Å². The molecule has 31 heavy (non-hydrogen) atoms. The lowest BCUT2D eigenvalue weighted by molar-refractivity contribution is -0.0759. The monoisotopic (exact) mass is 445 g/mol. The fraction of sp³-hybridized carbons (Fsp3) is 0.455. The van der Waals surface area contributed by atoms with Crippen LogP contribution in [0.1, 0.15) is 48.3 Å². The summed E-state index contributed by atoms with van der Waals surface area (Å²) in [6.45, 7) is 2.59. The Kier molecular flexibility index (Phi) is 4.69. The molecule has 1 saturated carbocycles. The normalized spacial score (nSPS) is 26.2. The summed E-state index contributed by atoms with van der Waals surface area (Å²) in [6, 6.07) is 8.63. The SMILES string of the molecule is CC1CC(O)c2ncccc2C(=O)N1C1CC2(C1)CN(S(=O)(=O)c1ccccc1F)C2. The molecule has 164 valence electrons. The molecule has 7 nitrogen and oxygen atoms in total. The van der Waals surface area contributed by atoms with E-state index in [1.807, 2.05) is 11.8 Å². The highest BCUT2D eigenvalue weighted by molar-refractivity contribution is 7.89. The first-order valence-corrected chi connectivity index (χ1v) is 11.9. The topological polar surface area (TPSA) is 90.8 Å². The summed E-state index contributed by atoms with van der Waals surface area (Å²) in [5.41, 5.74) is 0.672. The van der Waals surface area contributed by atoms with Crippen molar-refractivity contribution in [3.63, 3.8) is 0 Å². The summed E-state index contributed by atoms with van der Waals surface area (Å²) in [5.74, 6) is -0.882. The molecule has 2 fully saturated rings. The summed E-state index contributed by atoms with van der Waals surface area (Å²) in [6.07, 6.45) is 2.58. The minimum absolute atomic E-state index is 0.0147. The molecule has 2 atom stereocenters. The molecule has 1 saturated heterocycles. The van der Waals surface area contributed by atoms with Gasteiger partial charge in [0.1, 0.15) is 10.7 Å². The summed E-state index contributed by atoms with van der Waals surface area (Å²) in [4.78, 5) is 19.0. The van der Waals surface area contributed by atoms with Crippen LogP contribution in [0.3, 0.4) is 0 Å². The second kappa shape index (κ2) is 7.08. The van der Waals surface area contributed by atoms with Gasteiger partial charge < -0.3 is 10.0 Å². The van der Waals surface area contributed by atoms with Crippen molar-refractivity contribution in [1.82, 2.24) is 14.2 Å². The van der Waals surface area contributed by atoms with Gasteiger partial charge in [-0.25, -0.2) is 12.8 Å². The minimum atomic E-state index is -3.86. The van der Waals surface area contributed by atoms with Crippen LogP contribution in [0.5, 0.6) is 0 Å². The quantitative estimate of drug-likeness (QED) is 0.783. The Labute approximate surface area is 180 Å². The first kappa shape index (κ1) is 20.5. The molecular formula is C22H24FN3O4S. The molecule has 1 aliphatic carbocycles. The van der Waals surface area contributed by atoms with Crippen molar-refractivity contribution in [3.8, 4) is 0 Å². The summed E-state index contributed by atoms with van der Waals surface area (Å²) < 4.78 is 40.8. The Balaban J connectivity index is 1.30. The Bertz CT molecular complexity index is 1140. The average molecular weight is 446 g/mol. The second-order valence-electron chi connectivity index (χ2n) is 9.01. The third-order valence-electron chi connectivity index (χ3n) is 6.87. The average Bonchev–Trinajstić information content (AvgIpc) is 2.76. The van der Waals surface area contributed by atoms with Crippen molar-refractivity contribution in [2.75, 3.05) is 13.1 Å². The number of carbonyl (C=O) groups excluding carboxylic acids is 1. The lowest BCUT2D eigenvalue weighted by Gasteiger charge is -2.60. The van der Waals surface area contributed by atoms with E-state index in [2.05, 4.69) is 4.98 Å². The van der Waals surface area contributed by atoms with Crippen LogP contribution in [0.2, 0.25) is 0 Å². The number of nitrogens with zero attached hydrogens (tertiary/aromatic N) is 3. The molecular weight excluding hydrogens is 421 g/mol. The molecule has 1 aromatic carbocycles. The third kappa shape index (κ3) is 3.18. The van der Waals surface area contributed by atoms with Crippen molar-refractivity contribution in [2.24, 2.45) is 5.41 Å². The van der Waals surface area contributed by atoms with E-state index in [4.69, 9.17) is 0 Å². The molecule has 1 amide bonds. The van der Waals surface area contributed by atoms with Gasteiger partial charge in [0.2, 0.25) is 10.0 Å². The number of rotatable bonds is 3. The van der Waals surface area contributed by atoms with E-state index in [9.17, 15) is 22.7 Å². The van der Waals surface area contributed by atoms with Crippen LogP contribution in [0.4, 0.5) is 4.39 Å². The molecule has 1 aromatic heterocycles. The van der Waals surface area contributed by atoms with E-state index in [1.54, 1.807) is 18.3 Å². The van der Waals surface area contributed by atoms with E-state index >= 15 is 0 Å². The number of aliphatic hydroxyl groups excluding tert-OH is 1. The van der Waals surface area contributed by atoms with Crippen LogP contribution in [0.15, 0.2) is 47.5 Å². The minimum Gasteiger partial charge on any atom is -0.387 e. The number of hydrogen-bond acceptors (Lipinski definition) is 5. The molecule has 2 aromatic rings. The maximum absolute atomic E-state index is 14.0. The van der Waals surface area contributed by atoms with Crippen LogP contribution >= 0.6 is 0 Å². The fourth-order valence-corrected chi connectivity index (χ4v) is 7.07. The van der Waals surface area contributed by atoms with Crippen LogP contribution < -0.4 is 0 Å². The predicted molar refractivity (Wildman–Crippen MR) is 110 cm³/mol. The first-order valence-electron chi connectivity index (χ1n) is 10.4. The van der Waals surface area contributed by atoms with Gasteiger partial charge in [-0.2, -0.15) is 4.31 Å². The van der Waals surface area contributed by atoms with Crippen LogP contribution in [-0.2, 0) is 10.0 Å². The smallest absolute Gasteiger partial charge is 0.256 e. The van der Waals surface area contributed by atoms with E-state index in [1.165, 1.54) is 22.5 Å². The van der Waals surface area contributed by atoms with Crippen molar-refractivity contribution in [1.29, 1.82) is 0 Å². The molecule has 3 aliphatic rings. The van der Waals surface area contributed by atoms with E-state index in [0.717, 1.165) is 6.07 Å². The maximum atomic E-state index is 14.0. The van der Waals surface area contributed by atoms with Gasteiger partial charge in [-0.3, -0.25) is 9.78 Å². The summed E-state index contributed by atoms with van der Waals surface area (Å²) >= 11 is 0. The van der Waals surface area contributed by atoms with Gasteiger partial charge in [0.15, 0.2) is 0 Å². The standard InChI is InChI=1S/C22H24FN3O4S/c1-14-9-18(27)20-16(5-4-8-24-20)21(28)26(14)15-10-22(11-15)12-25(13-22)31(29,30)19-7-3-2-6-17(19)23/h2-8,14-15,18,27H,9-13H2,1H3. The zero-order valence-electron chi connectivity index (χ0n) is 17.1. The number of fused-ring (bicyclic) bond motifs is 1. The largest absolute Gasteiger partial charge is 0.387 e. The molecule has 2 unspecified atom stereocenters. The fourth-order valence-electron chi connectivity index (χ4n) is 5.34. The summed E-state index contributed by atoms with van der Waals surface area (Å²) in [5, 5.41) is 10.5. The molecule has 0 radical (unpaired) electrons. The highest BCUT2D eigenvalue weighted by Crippen LogP contribution is 2.53. The van der Waals surface area contributed by atoms with Gasteiger partial charge in [-0.1, -0.05) is 12.1 Å². The van der Waals surface area contributed by atoms with Crippen LogP contribution in [0, 0.1) is 11.2 Å². The predicted octanol–water partition coefficient (Wildman–Crippen LogP) is 2.34. The number of pyridine rings is 1. The van der Waals surface area contributed by atoms with Crippen molar-refractivity contribution in [3.05, 3.63) is 59.7 Å². The number of halogens is 1. The van der Waals surface area contributed by atoms with Crippen molar-refractivity contribution in [2.45, 2.75) is 49.3 Å². The van der Waals surface area contributed by atoms with Gasteiger partial charge in [-0.05, 0) is 50.5 Å². The Hall–Kier alpha value is -2.36. The molecule has 5 rings (SSSR count). The highest BCUT2D eigenvalue weighted by Gasteiger charge is 2.58. The highest BCUT2D eigenvalue weighted by atomic mass is 32.2. The van der Waals surface area contributed by atoms with Crippen LogP contribution in [-0.4, -0.2) is 58.8 Å². The Morgan fingerprint density at radius 1 is 1.16 bits per heavy atom. The number of benzene rings is 1. The third-order valence-corrected chi connectivity index (χ3v) is 8.69. The van der Waals surface area contributed by atoms with Gasteiger partial charge in [-0.15, -0.1) is 0 Å².